The maximum absolute atomic E-state index is 12.4. The molecular weight excluding hydrogens is 545 g/mol. The van der Waals surface area contributed by atoms with E-state index in [1.165, 1.54) is 83.5 Å². The van der Waals surface area contributed by atoms with Crippen LogP contribution in [0.5, 0.6) is 0 Å². The van der Waals surface area contributed by atoms with Gasteiger partial charge < -0.3 is 20.2 Å². The fraction of sp³-hybridized carbons (Fsp3) is 0.742. The minimum absolute atomic E-state index is 0.0466. The van der Waals surface area contributed by atoms with Gasteiger partial charge in [0.15, 0.2) is 0 Å². The van der Waals surface area contributed by atoms with Crippen LogP contribution in [0.1, 0.15) is 135 Å². The molecule has 40 heavy (non-hydrogen) atoms. The molecule has 1 aromatic rings. The number of amides is 1. The summed E-state index contributed by atoms with van der Waals surface area (Å²) in [5.74, 6) is 0.125. The topological polar surface area (TPSA) is 124 Å². The first-order valence-corrected chi connectivity index (χ1v) is 18.3. The molecule has 1 amide bonds. The lowest BCUT2D eigenvalue weighted by molar-refractivity contribution is -0.137. The largest absolute Gasteiger partial charge is 0.481 e. The summed E-state index contributed by atoms with van der Waals surface area (Å²) in [5.41, 5.74) is 0.817. The third kappa shape index (κ3) is 23.4. The highest BCUT2D eigenvalue weighted by Crippen LogP contribution is 2.36. The molecule has 1 aromatic carbocycles. The number of hydrogen-bond acceptors (Lipinski definition) is 4. The maximum Gasteiger partial charge on any atom is 0.325 e. The number of anilines is 1. The summed E-state index contributed by atoms with van der Waals surface area (Å²) in [6, 6.07) is 7.73. The van der Waals surface area contributed by atoms with Gasteiger partial charge in [-0.2, -0.15) is 0 Å². The second-order valence-electron chi connectivity index (χ2n) is 10.9. The molecule has 0 atom stereocenters. The number of unbranched alkanes of at least 4 members (excludes halogenated alkanes) is 17. The van der Waals surface area contributed by atoms with Gasteiger partial charge in [-0.25, -0.2) is 0 Å². The molecule has 0 aliphatic carbocycles. The van der Waals surface area contributed by atoms with E-state index < -0.39 is 13.6 Å². The zero-order valence-electron chi connectivity index (χ0n) is 24.5. The first-order chi connectivity index (χ1) is 19.3. The van der Waals surface area contributed by atoms with Gasteiger partial charge in [-0.05, 0) is 43.6 Å². The van der Waals surface area contributed by atoms with E-state index in [1.54, 1.807) is 11.8 Å². The fourth-order valence-electron chi connectivity index (χ4n) is 4.72. The van der Waals surface area contributed by atoms with Crippen molar-refractivity contribution < 1.29 is 29.0 Å². The molecule has 0 unspecified atom stereocenters. The number of thioether (sulfide) groups is 1. The predicted molar refractivity (Wildman–Crippen MR) is 167 cm³/mol. The Kier molecular flexibility index (Phi) is 22.3. The monoisotopic (exact) mass is 599 g/mol. The number of benzene rings is 1. The van der Waals surface area contributed by atoms with Crippen LogP contribution in [0.4, 0.5) is 5.69 Å². The van der Waals surface area contributed by atoms with Crippen LogP contribution in [0.25, 0.3) is 0 Å². The minimum Gasteiger partial charge on any atom is -0.481 e. The summed E-state index contributed by atoms with van der Waals surface area (Å²) in [6.45, 7) is 0. The van der Waals surface area contributed by atoms with Crippen molar-refractivity contribution in [2.75, 3.05) is 17.2 Å². The lowest BCUT2D eigenvalue weighted by Gasteiger charge is -2.11. The average Bonchev–Trinajstić information content (AvgIpc) is 2.90. The SMILES string of the molecule is O=C(O)CCCCCCCCCCCCCCCCCCCC(=O)Nc1ccccc1SCCCCP(=O)(O)O. The van der Waals surface area contributed by atoms with Crippen molar-refractivity contribution in [3.05, 3.63) is 24.3 Å². The third-order valence-corrected chi connectivity index (χ3v) is 9.12. The standard InChI is InChI=1S/C31H54NO6PS/c33-30(32-28-22-18-19-23-29(28)40-27-21-20-26-39(36,37)38)24-16-14-12-10-8-6-4-2-1-3-5-7-9-11-13-15-17-25-31(34)35/h18-19,22-23H,1-17,20-21,24-27H2,(H,32,33)(H,34,35)(H2,36,37,38). The van der Waals surface area contributed by atoms with Crippen molar-refractivity contribution in [1.29, 1.82) is 0 Å². The zero-order valence-corrected chi connectivity index (χ0v) is 26.2. The van der Waals surface area contributed by atoms with Crippen LogP contribution in [-0.4, -0.2) is 38.7 Å². The second kappa shape index (κ2) is 24.3. The highest BCUT2D eigenvalue weighted by Gasteiger charge is 2.12. The van der Waals surface area contributed by atoms with E-state index in [1.807, 2.05) is 24.3 Å². The number of carboxylic acids is 1. The lowest BCUT2D eigenvalue weighted by Crippen LogP contribution is -2.11. The molecule has 0 aliphatic heterocycles. The highest BCUT2D eigenvalue weighted by molar-refractivity contribution is 7.99. The fourth-order valence-corrected chi connectivity index (χ4v) is 6.38. The van der Waals surface area contributed by atoms with E-state index in [4.69, 9.17) is 14.9 Å². The van der Waals surface area contributed by atoms with E-state index in [0.717, 1.165) is 48.4 Å². The Morgan fingerprint density at radius 1 is 0.650 bits per heavy atom. The molecule has 0 aromatic heterocycles. The van der Waals surface area contributed by atoms with E-state index in [0.29, 0.717) is 19.3 Å². The minimum atomic E-state index is -3.92. The molecule has 0 radical (unpaired) electrons. The molecule has 230 valence electrons. The molecule has 0 heterocycles. The second-order valence-corrected chi connectivity index (χ2v) is 13.8. The summed E-state index contributed by atoms with van der Waals surface area (Å²) in [5, 5.41) is 11.7. The van der Waals surface area contributed by atoms with Crippen LogP contribution in [-0.2, 0) is 14.2 Å². The van der Waals surface area contributed by atoms with Crippen molar-refractivity contribution in [1.82, 2.24) is 0 Å². The van der Waals surface area contributed by atoms with Crippen LogP contribution in [0, 0.1) is 0 Å². The number of nitrogens with one attached hydrogen (secondary N) is 1. The average molecular weight is 600 g/mol. The number of rotatable bonds is 27. The smallest absolute Gasteiger partial charge is 0.325 e. The van der Waals surface area contributed by atoms with Gasteiger partial charge in [0.1, 0.15) is 0 Å². The van der Waals surface area contributed by atoms with Crippen molar-refractivity contribution in [3.63, 3.8) is 0 Å². The number of aliphatic carboxylic acids is 1. The summed E-state index contributed by atoms with van der Waals surface area (Å²) >= 11 is 1.61. The van der Waals surface area contributed by atoms with E-state index >= 15 is 0 Å². The lowest BCUT2D eigenvalue weighted by atomic mass is 10.0. The van der Waals surface area contributed by atoms with Crippen molar-refractivity contribution in [2.45, 2.75) is 140 Å². The van der Waals surface area contributed by atoms with E-state index in [-0.39, 0.29) is 12.1 Å². The first-order valence-electron chi connectivity index (χ1n) is 15.6. The Morgan fingerprint density at radius 2 is 1.10 bits per heavy atom. The third-order valence-electron chi connectivity index (χ3n) is 7.06. The summed E-state index contributed by atoms with van der Waals surface area (Å²) in [7, 11) is -3.92. The van der Waals surface area contributed by atoms with Gasteiger partial charge in [-0.15, -0.1) is 11.8 Å². The number of carbonyl (C=O) groups excluding carboxylic acids is 1. The van der Waals surface area contributed by atoms with Gasteiger partial charge >= 0.3 is 13.6 Å². The molecule has 0 spiro atoms. The molecule has 0 aliphatic rings. The van der Waals surface area contributed by atoms with E-state index in [2.05, 4.69) is 5.32 Å². The molecule has 4 N–H and O–H groups in total. The first kappa shape index (κ1) is 36.7. The predicted octanol–water partition coefficient (Wildman–Crippen LogP) is 9.17. The Balaban J connectivity index is 1.93. The Morgan fingerprint density at radius 3 is 1.57 bits per heavy atom. The molecular formula is C31H54NO6PS. The zero-order chi connectivity index (χ0) is 29.3. The summed E-state index contributed by atoms with van der Waals surface area (Å²) < 4.78 is 10.9. The van der Waals surface area contributed by atoms with Crippen LogP contribution in [0.15, 0.2) is 29.2 Å². The summed E-state index contributed by atoms with van der Waals surface area (Å²) in [6.07, 6.45) is 22.5. The van der Waals surface area contributed by atoms with Gasteiger partial charge in [0.25, 0.3) is 0 Å². The summed E-state index contributed by atoms with van der Waals surface area (Å²) in [4.78, 5) is 41.8. The molecule has 0 saturated carbocycles. The van der Waals surface area contributed by atoms with Gasteiger partial charge in [-0.3, -0.25) is 14.2 Å². The normalized spacial score (nSPS) is 11.6. The molecule has 9 heteroatoms. The Bertz CT molecular complexity index is 847. The van der Waals surface area contributed by atoms with Gasteiger partial charge in [0.05, 0.1) is 5.69 Å². The Labute approximate surface area is 246 Å². The molecule has 0 bridgehead atoms. The van der Waals surface area contributed by atoms with Gasteiger partial charge in [-0.1, -0.05) is 108 Å². The quantitative estimate of drug-likeness (QED) is 0.0451. The van der Waals surface area contributed by atoms with Gasteiger partial charge in [0, 0.05) is 23.9 Å². The van der Waals surface area contributed by atoms with Crippen LogP contribution < -0.4 is 5.32 Å². The number of hydrogen-bond donors (Lipinski definition) is 4. The van der Waals surface area contributed by atoms with E-state index in [9.17, 15) is 14.2 Å². The number of para-hydroxylation sites is 1. The molecule has 1 rings (SSSR count). The van der Waals surface area contributed by atoms with Crippen molar-refractivity contribution in [2.24, 2.45) is 0 Å². The van der Waals surface area contributed by atoms with Crippen LogP contribution >= 0.6 is 19.4 Å². The van der Waals surface area contributed by atoms with Crippen LogP contribution in [0.2, 0.25) is 0 Å². The van der Waals surface area contributed by atoms with Crippen molar-refractivity contribution >= 4 is 36.9 Å². The Hall–Kier alpha value is -1.34. The maximum atomic E-state index is 12.4. The van der Waals surface area contributed by atoms with Crippen LogP contribution in [0.3, 0.4) is 0 Å². The van der Waals surface area contributed by atoms with Crippen molar-refractivity contribution in [3.8, 4) is 0 Å². The van der Waals surface area contributed by atoms with Gasteiger partial charge in [0.2, 0.25) is 5.91 Å². The molecule has 0 saturated heterocycles. The highest BCUT2D eigenvalue weighted by atomic mass is 32.2. The molecule has 7 nitrogen and oxygen atoms in total. The number of carbonyl (C=O) groups is 2. The molecule has 0 fully saturated rings. The number of carboxylic acid groups (broad SMARTS) is 1.